The fraction of sp³-hybridized carbons (Fsp3) is 1.00. The van der Waals surface area contributed by atoms with Crippen LogP contribution in [-0.2, 0) is 19.1 Å². The Bertz CT molecular complexity index is 1110. The van der Waals surface area contributed by atoms with Gasteiger partial charge in [-0.25, -0.2) is 17.5 Å². The van der Waals surface area contributed by atoms with Crippen LogP contribution in [0.3, 0.4) is 0 Å². The third-order valence-corrected chi connectivity index (χ3v) is 5.82. The van der Waals surface area contributed by atoms with Crippen LogP contribution in [0, 0.1) is 0 Å². The standard InChI is InChI=1S/C10H3F21NO6PS/c11-1(12,3(15,16)7(23,24)25)2(13,14)6(21,22)10(30,31)40(36,37)32-8(26,27)4(17,18)5(19,20)9(28,29)38-39(33,34)35/h32H,(H2,33,34,35). The molecule has 0 aromatic heterocycles. The molecule has 0 aromatic carbocycles. The van der Waals surface area contributed by atoms with Crippen LogP contribution in [0.1, 0.15) is 0 Å². The van der Waals surface area contributed by atoms with Gasteiger partial charge >= 0.3 is 66.9 Å². The third kappa shape index (κ3) is 5.51. The molecule has 0 spiro atoms. The van der Waals surface area contributed by atoms with Gasteiger partial charge in [0.15, 0.2) is 0 Å². The smallest absolute Gasteiger partial charge is 0.303 e. The molecule has 7 nitrogen and oxygen atoms in total. The molecule has 30 heteroatoms. The van der Waals surface area contributed by atoms with Crippen LogP contribution in [0.15, 0.2) is 0 Å². The largest absolute Gasteiger partial charge is 0.474 e. The fourth-order valence-corrected chi connectivity index (χ4v) is 3.28. The third-order valence-electron chi connectivity index (χ3n) is 3.89. The van der Waals surface area contributed by atoms with Gasteiger partial charge in [0, 0.05) is 0 Å². The van der Waals surface area contributed by atoms with Crippen molar-refractivity contribution >= 4 is 17.8 Å². The maximum absolute atomic E-state index is 13.6. The fourth-order valence-electron chi connectivity index (χ4n) is 1.81. The number of alkyl halides is 21. The molecule has 0 radical (unpaired) electrons. The molecular weight excluding hydrogens is 692 g/mol. The van der Waals surface area contributed by atoms with Crippen LogP contribution in [0.25, 0.3) is 0 Å². The van der Waals surface area contributed by atoms with Crippen molar-refractivity contribution < 1.29 is 119 Å². The predicted molar refractivity (Wildman–Crippen MR) is 75.8 cm³/mol. The minimum Gasteiger partial charge on any atom is -0.303 e. The van der Waals surface area contributed by atoms with Crippen molar-refractivity contribution in [2.45, 2.75) is 59.1 Å². The topological polar surface area (TPSA) is 113 Å². The first-order chi connectivity index (χ1) is 16.7. The predicted octanol–water partition coefficient (Wildman–Crippen LogP) is 5.17. The van der Waals surface area contributed by atoms with E-state index in [1.165, 1.54) is 0 Å². The lowest BCUT2D eigenvalue weighted by molar-refractivity contribution is -0.433. The van der Waals surface area contributed by atoms with Gasteiger partial charge in [-0.15, -0.1) is 4.72 Å². The normalized spacial score (nSPS) is 16.9. The van der Waals surface area contributed by atoms with Crippen LogP contribution in [0.2, 0.25) is 0 Å². The molecule has 0 aliphatic carbocycles. The maximum Gasteiger partial charge on any atom is 0.474 e. The second-order valence-corrected chi connectivity index (χ2v) is 9.63. The summed E-state index contributed by atoms with van der Waals surface area (Å²) in [6, 6.07) is -8.16. The molecule has 3 N–H and O–H groups in total. The maximum atomic E-state index is 13.6. The van der Waals surface area contributed by atoms with Gasteiger partial charge in [-0.3, -0.25) is 0 Å². The Morgan fingerprint density at radius 1 is 0.525 bits per heavy atom. The Morgan fingerprint density at radius 2 is 0.850 bits per heavy atom. The Labute approximate surface area is 202 Å². The van der Waals surface area contributed by atoms with E-state index < -0.39 is 81.7 Å². The second-order valence-electron chi connectivity index (χ2n) is 6.74. The lowest BCUT2D eigenvalue weighted by Crippen LogP contribution is -2.73. The van der Waals surface area contributed by atoms with E-state index in [0.717, 1.165) is 0 Å². The highest BCUT2D eigenvalue weighted by atomic mass is 32.2. The first-order valence-corrected chi connectivity index (χ1v) is 10.9. The number of rotatable bonds is 12. The van der Waals surface area contributed by atoms with Gasteiger partial charge in [0.1, 0.15) is 0 Å². The first kappa shape index (κ1) is 38.5. The van der Waals surface area contributed by atoms with Crippen molar-refractivity contribution in [1.29, 1.82) is 0 Å². The number of hydrogen-bond acceptors (Lipinski definition) is 4. The summed E-state index contributed by atoms with van der Waals surface area (Å²) in [7, 11) is -16.3. The number of halogens is 21. The summed E-state index contributed by atoms with van der Waals surface area (Å²) in [5.41, 5.74) is 0. The van der Waals surface area contributed by atoms with Gasteiger partial charge < -0.3 is 9.79 Å². The zero-order valence-electron chi connectivity index (χ0n) is 16.8. The van der Waals surface area contributed by atoms with Gasteiger partial charge in [-0.2, -0.15) is 92.2 Å². The summed E-state index contributed by atoms with van der Waals surface area (Å²) >= 11 is 0. The molecule has 40 heavy (non-hydrogen) atoms. The summed E-state index contributed by atoms with van der Waals surface area (Å²) in [5, 5.41) is -8.71. The number of phosphoric ester groups is 1. The summed E-state index contributed by atoms with van der Waals surface area (Å²) in [4.78, 5) is 15.8. The Morgan fingerprint density at radius 3 is 1.15 bits per heavy atom. The second kappa shape index (κ2) is 9.53. The summed E-state index contributed by atoms with van der Waals surface area (Å²) in [6.45, 7) is 0. The lowest BCUT2D eigenvalue weighted by atomic mass is 9.98. The van der Waals surface area contributed by atoms with Crippen LogP contribution < -0.4 is 4.72 Å². The molecule has 0 bridgehead atoms. The van der Waals surface area contributed by atoms with Crippen LogP contribution in [0.5, 0.6) is 0 Å². The molecule has 0 aliphatic heterocycles. The molecule has 0 unspecified atom stereocenters. The van der Waals surface area contributed by atoms with E-state index in [2.05, 4.69) is 0 Å². The Kier molecular flexibility index (Phi) is 9.18. The summed E-state index contributed by atoms with van der Waals surface area (Å²) < 4.78 is 306. The van der Waals surface area contributed by atoms with Crippen LogP contribution in [-0.4, -0.2) is 77.3 Å². The highest BCUT2D eigenvalue weighted by molar-refractivity contribution is 7.90. The Hall–Kier alpha value is -1.45. The quantitative estimate of drug-likeness (QED) is 0.148. The number of phosphoric acid groups is 1. The molecule has 0 aromatic rings. The van der Waals surface area contributed by atoms with Gasteiger partial charge in [0.05, 0.1) is 0 Å². The first-order valence-electron chi connectivity index (χ1n) is 7.93. The van der Waals surface area contributed by atoms with Crippen molar-refractivity contribution in [1.82, 2.24) is 4.72 Å². The Balaban J connectivity index is 6.92. The minimum absolute atomic E-state index is 1.74. The zero-order valence-corrected chi connectivity index (χ0v) is 18.5. The molecule has 0 saturated carbocycles. The molecule has 242 valence electrons. The zero-order chi connectivity index (χ0) is 33.4. The average molecular weight is 695 g/mol. The van der Waals surface area contributed by atoms with Crippen molar-refractivity contribution in [3.8, 4) is 0 Å². The molecule has 0 fully saturated rings. The average Bonchev–Trinajstić information content (AvgIpc) is 2.62. The van der Waals surface area contributed by atoms with Crippen LogP contribution in [0.4, 0.5) is 92.2 Å². The van der Waals surface area contributed by atoms with Gasteiger partial charge in [0.25, 0.3) is 10.0 Å². The van der Waals surface area contributed by atoms with E-state index in [1.807, 2.05) is 0 Å². The monoisotopic (exact) mass is 695 g/mol. The summed E-state index contributed by atoms with van der Waals surface area (Å²) in [6.07, 6.45) is -15.6. The van der Waals surface area contributed by atoms with Gasteiger partial charge in [-0.1, -0.05) is 0 Å². The molecule has 0 rings (SSSR count). The molecular formula is C10H3F21NO6PS. The van der Waals surface area contributed by atoms with Gasteiger partial charge in [-0.05, 0) is 0 Å². The van der Waals surface area contributed by atoms with Crippen molar-refractivity contribution in [3.63, 3.8) is 0 Å². The highest BCUT2D eigenvalue weighted by Gasteiger charge is 2.93. The molecule has 0 amide bonds. The van der Waals surface area contributed by atoms with Gasteiger partial charge in [0.2, 0.25) is 0 Å². The minimum atomic E-state index is -9.20. The van der Waals surface area contributed by atoms with E-state index in [1.54, 1.807) is 4.52 Å². The van der Waals surface area contributed by atoms with E-state index in [4.69, 9.17) is 9.79 Å². The van der Waals surface area contributed by atoms with E-state index >= 15 is 0 Å². The van der Waals surface area contributed by atoms with E-state index in [0.29, 0.717) is 0 Å². The van der Waals surface area contributed by atoms with Crippen LogP contribution >= 0.6 is 7.82 Å². The molecule has 0 heterocycles. The highest BCUT2D eigenvalue weighted by Crippen LogP contribution is 2.62. The summed E-state index contributed by atoms with van der Waals surface area (Å²) in [5.74, 6) is -52.0. The van der Waals surface area contributed by atoms with Crippen molar-refractivity contribution in [3.05, 3.63) is 0 Å². The SMILES string of the molecule is O=P(O)(O)OC(F)(F)C(F)(F)C(F)(F)C(F)(F)NS(=O)(=O)C(F)(F)C(F)(F)C(F)(F)C(F)(F)C(F)(F)C(F)(F)F. The van der Waals surface area contributed by atoms with E-state index in [9.17, 15) is 105 Å². The number of nitrogens with one attached hydrogen (secondary N) is 1. The van der Waals surface area contributed by atoms with E-state index in [-0.39, 0.29) is 0 Å². The number of hydrogen-bond donors (Lipinski definition) is 3. The molecule has 0 aliphatic rings. The van der Waals surface area contributed by atoms with Crippen molar-refractivity contribution in [2.24, 2.45) is 0 Å². The molecule has 0 atom stereocenters. The number of sulfonamides is 1. The van der Waals surface area contributed by atoms with Crippen molar-refractivity contribution in [2.75, 3.05) is 0 Å². The lowest BCUT2D eigenvalue weighted by Gasteiger charge is -2.40. The molecule has 0 saturated heterocycles.